The summed E-state index contributed by atoms with van der Waals surface area (Å²) in [7, 11) is 1.62. The van der Waals surface area contributed by atoms with Gasteiger partial charge in [-0.3, -0.25) is 28.7 Å². The molecule has 0 saturated carbocycles. The number of likely N-dealkylation sites (N-methyl/N-ethyl adjacent to an activating group) is 1. The second kappa shape index (κ2) is 12.2. The van der Waals surface area contributed by atoms with E-state index in [1.807, 2.05) is 0 Å². The Labute approximate surface area is 229 Å². The number of aromatic nitrogens is 3. The van der Waals surface area contributed by atoms with Crippen molar-refractivity contribution >= 4 is 29.1 Å². The molecule has 0 bridgehead atoms. The van der Waals surface area contributed by atoms with Crippen LogP contribution in [-0.2, 0) is 16.1 Å². The van der Waals surface area contributed by atoms with Crippen LogP contribution in [0.1, 0.15) is 35.3 Å². The van der Waals surface area contributed by atoms with E-state index in [0.29, 0.717) is 28.1 Å². The summed E-state index contributed by atoms with van der Waals surface area (Å²) in [6, 6.07) is 13.1. The van der Waals surface area contributed by atoms with Gasteiger partial charge in [0.25, 0.3) is 5.56 Å². The maximum Gasteiger partial charge on any atom is 0.294 e. The zero-order valence-electron chi connectivity index (χ0n) is 22.1. The molecule has 11 heteroatoms. The number of amides is 2. The van der Waals surface area contributed by atoms with Crippen molar-refractivity contribution in [1.82, 2.24) is 19.9 Å². The Balaban J connectivity index is 1.77. The number of rotatable bonds is 9. The van der Waals surface area contributed by atoms with E-state index < -0.39 is 23.3 Å². The minimum absolute atomic E-state index is 0.0109. The lowest BCUT2D eigenvalue weighted by atomic mass is 10.0. The predicted molar refractivity (Wildman–Crippen MR) is 149 cm³/mol. The van der Waals surface area contributed by atoms with Crippen LogP contribution in [0.15, 0.2) is 78.0 Å². The third-order valence-corrected chi connectivity index (χ3v) is 6.11. The molecule has 0 aliphatic rings. The highest BCUT2D eigenvalue weighted by atomic mass is 19.1. The number of carbonyl (C=O) groups excluding carboxylic acids is 3. The summed E-state index contributed by atoms with van der Waals surface area (Å²) in [6.07, 6.45) is 4.37. The molecule has 0 aliphatic heterocycles. The van der Waals surface area contributed by atoms with Gasteiger partial charge < -0.3 is 16.0 Å². The van der Waals surface area contributed by atoms with Gasteiger partial charge in [0.15, 0.2) is 11.6 Å². The van der Waals surface area contributed by atoms with Gasteiger partial charge in [0, 0.05) is 41.7 Å². The minimum atomic E-state index is -0.575. The molecule has 2 heterocycles. The first-order valence-corrected chi connectivity index (χ1v) is 12.4. The van der Waals surface area contributed by atoms with Crippen molar-refractivity contribution in [3.63, 3.8) is 0 Å². The molecular weight excluding hydrogens is 515 g/mol. The molecule has 2 aromatic heterocycles. The summed E-state index contributed by atoms with van der Waals surface area (Å²) in [5, 5.41) is 8.08. The lowest BCUT2D eigenvalue weighted by Crippen LogP contribution is -2.38. The highest BCUT2D eigenvalue weighted by Crippen LogP contribution is 2.23. The van der Waals surface area contributed by atoms with Gasteiger partial charge in [0.2, 0.25) is 11.8 Å². The monoisotopic (exact) mass is 542 g/mol. The Bertz CT molecular complexity index is 1630. The van der Waals surface area contributed by atoms with Crippen LogP contribution >= 0.6 is 0 Å². The smallest absolute Gasteiger partial charge is 0.294 e. The normalized spacial score (nSPS) is 11.5. The van der Waals surface area contributed by atoms with Crippen molar-refractivity contribution in [2.45, 2.75) is 26.4 Å². The zero-order chi connectivity index (χ0) is 28.8. The van der Waals surface area contributed by atoms with Crippen LogP contribution in [-0.4, -0.2) is 45.2 Å². The van der Waals surface area contributed by atoms with E-state index in [9.17, 15) is 23.6 Å². The van der Waals surface area contributed by atoms with E-state index in [0.717, 1.165) is 0 Å². The van der Waals surface area contributed by atoms with Gasteiger partial charge >= 0.3 is 0 Å². The molecule has 4 rings (SSSR count). The summed E-state index contributed by atoms with van der Waals surface area (Å²) in [5.74, 6) is -1.66. The third-order valence-electron chi connectivity index (χ3n) is 6.11. The Morgan fingerprint density at radius 1 is 0.975 bits per heavy atom. The van der Waals surface area contributed by atoms with Gasteiger partial charge in [-0.2, -0.15) is 0 Å². The highest BCUT2D eigenvalue weighted by Gasteiger charge is 2.18. The van der Waals surface area contributed by atoms with E-state index in [1.54, 1.807) is 44.3 Å². The van der Waals surface area contributed by atoms with Crippen LogP contribution in [0.3, 0.4) is 0 Å². The van der Waals surface area contributed by atoms with Gasteiger partial charge in [-0.05, 0) is 62.0 Å². The average Bonchev–Trinajstić information content (AvgIpc) is 2.94. The van der Waals surface area contributed by atoms with E-state index in [4.69, 9.17) is 0 Å². The van der Waals surface area contributed by atoms with Gasteiger partial charge in [0.05, 0.1) is 24.5 Å². The Morgan fingerprint density at radius 2 is 1.73 bits per heavy atom. The Morgan fingerprint density at radius 3 is 2.42 bits per heavy atom. The maximum absolute atomic E-state index is 13.6. The largest absolute Gasteiger partial charge is 0.326 e. The number of benzene rings is 2. The molecule has 0 radical (unpaired) electrons. The van der Waals surface area contributed by atoms with Crippen LogP contribution in [0, 0.1) is 5.82 Å². The fourth-order valence-electron chi connectivity index (χ4n) is 3.93. The van der Waals surface area contributed by atoms with Crippen molar-refractivity contribution in [2.24, 2.45) is 0 Å². The van der Waals surface area contributed by atoms with Gasteiger partial charge in [0.1, 0.15) is 5.82 Å². The summed E-state index contributed by atoms with van der Waals surface area (Å²) < 4.78 is 14.7. The number of pyridine rings is 1. The van der Waals surface area contributed by atoms with Crippen molar-refractivity contribution < 1.29 is 18.8 Å². The van der Waals surface area contributed by atoms with E-state index in [-0.39, 0.29) is 29.6 Å². The molecule has 2 aromatic carbocycles. The second-order valence-corrected chi connectivity index (χ2v) is 9.06. The number of hydrogen-bond donors (Lipinski definition) is 3. The number of halogens is 1. The molecule has 204 valence electrons. The Kier molecular flexibility index (Phi) is 8.55. The first-order chi connectivity index (χ1) is 19.2. The summed E-state index contributed by atoms with van der Waals surface area (Å²) in [4.78, 5) is 59.0. The van der Waals surface area contributed by atoms with E-state index >= 15 is 0 Å². The predicted octanol–water partition coefficient (Wildman–Crippen LogP) is 3.23. The molecule has 0 spiro atoms. The fourth-order valence-corrected chi connectivity index (χ4v) is 3.93. The number of nitrogens with one attached hydrogen (secondary N) is 3. The van der Waals surface area contributed by atoms with Crippen molar-refractivity contribution in [1.29, 1.82) is 0 Å². The van der Waals surface area contributed by atoms with Crippen LogP contribution in [0.2, 0.25) is 0 Å². The minimum Gasteiger partial charge on any atom is -0.326 e. The van der Waals surface area contributed by atoms with Crippen molar-refractivity contribution in [3.05, 3.63) is 106 Å². The first-order valence-electron chi connectivity index (χ1n) is 12.4. The van der Waals surface area contributed by atoms with Crippen LogP contribution in [0.25, 0.3) is 11.3 Å². The molecular formula is C29H27FN6O4. The maximum atomic E-state index is 13.6. The lowest BCUT2D eigenvalue weighted by molar-refractivity contribution is -0.117. The Hall–Kier alpha value is -5.03. The summed E-state index contributed by atoms with van der Waals surface area (Å²) >= 11 is 0. The molecule has 0 aliphatic carbocycles. The second-order valence-electron chi connectivity index (χ2n) is 9.06. The molecule has 0 fully saturated rings. The van der Waals surface area contributed by atoms with Gasteiger partial charge in [-0.1, -0.05) is 12.1 Å². The fraction of sp³-hybridized carbons (Fsp3) is 0.172. The SMILES string of the molecule is CNC(C)C(=O)Nc1ncc(-c2cccc(NC(C)=O)c2)n(Cc2cncc(C(=O)c3ccc(F)cc3)c2)c1=O. The molecule has 3 N–H and O–H groups in total. The average molecular weight is 543 g/mol. The first kappa shape index (κ1) is 28.0. The van der Waals surface area contributed by atoms with Crippen molar-refractivity contribution in [2.75, 3.05) is 17.7 Å². The molecule has 10 nitrogen and oxygen atoms in total. The molecule has 0 saturated heterocycles. The number of nitrogens with zero attached hydrogens (tertiary/aromatic N) is 3. The summed E-state index contributed by atoms with van der Waals surface area (Å²) in [5.41, 5.74) is 2.03. The topological polar surface area (TPSA) is 135 Å². The van der Waals surface area contributed by atoms with Gasteiger partial charge in [-0.25, -0.2) is 9.37 Å². The molecule has 40 heavy (non-hydrogen) atoms. The standard InChI is InChI=1S/C29H27FN6O4/c1-17(31-3)28(39)35-27-29(40)36(25(15-33-27)21-5-4-6-24(12-21)34-18(2)37)16-19-11-22(14-32-13-19)26(38)20-7-9-23(30)10-8-20/h4-15,17,31H,16H2,1-3H3,(H,34,37)(H,33,35,39). The highest BCUT2D eigenvalue weighted by molar-refractivity contribution is 6.08. The number of anilines is 2. The summed E-state index contributed by atoms with van der Waals surface area (Å²) in [6.45, 7) is 3.02. The van der Waals surface area contributed by atoms with Crippen LogP contribution in [0.4, 0.5) is 15.9 Å². The van der Waals surface area contributed by atoms with Crippen LogP contribution in [0.5, 0.6) is 0 Å². The lowest BCUT2D eigenvalue weighted by Gasteiger charge is -2.16. The van der Waals surface area contributed by atoms with Crippen molar-refractivity contribution in [3.8, 4) is 11.3 Å². The van der Waals surface area contributed by atoms with E-state index in [1.165, 1.54) is 54.3 Å². The number of ketones is 1. The van der Waals surface area contributed by atoms with E-state index in [2.05, 4.69) is 25.9 Å². The quantitative estimate of drug-likeness (QED) is 0.276. The molecule has 4 aromatic rings. The number of carbonyl (C=O) groups is 3. The van der Waals surface area contributed by atoms with Crippen LogP contribution < -0.4 is 21.5 Å². The molecule has 1 atom stereocenters. The zero-order valence-corrected chi connectivity index (χ0v) is 22.1. The molecule has 1 unspecified atom stereocenters. The molecule has 2 amide bonds. The van der Waals surface area contributed by atoms with Gasteiger partial charge in [-0.15, -0.1) is 0 Å². The third kappa shape index (κ3) is 6.51. The number of hydrogen-bond acceptors (Lipinski definition) is 7.